The Labute approximate surface area is 159 Å². The molecule has 5 nitrogen and oxygen atoms in total. The lowest BCUT2D eigenvalue weighted by atomic mass is 10.0. The standard InChI is InChI=1S/C22H25N3O2/c1-15-12-18(21-24-22(27-25-21)19-10-6-7-11-23-19)13-16(2)20(15)26-14-17-8-4-3-5-9-17/h3-5,8-9,12-13,19,23H,6-7,10-11,14H2,1-2H3/t19-/m1/s1. The average molecular weight is 363 g/mol. The molecule has 0 bridgehead atoms. The van der Waals surface area contributed by atoms with Crippen LogP contribution in [0.2, 0.25) is 0 Å². The molecule has 0 radical (unpaired) electrons. The first kappa shape index (κ1) is 17.7. The van der Waals surface area contributed by atoms with Gasteiger partial charge in [-0.2, -0.15) is 4.98 Å². The molecule has 1 aliphatic heterocycles. The molecule has 0 amide bonds. The van der Waals surface area contributed by atoms with Gasteiger partial charge in [-0.3, -0.25) is 0 Å². The second-order valence-electron chi connectivity index (χ2n) is 7.17. The number of benzene rings is 2. The summed E-state index contributed by atoms with van der Waals surface area (Å²) in [7, 11) is 0. The Balaban J connectivity index is 1.52. The fourth-order valence-electron chi connectivity index (χ4n) is 3.59. The van der Waals surface area contributed by atoms with Gasteiger partial charge in [0.15, 0.2) is 0 Å². The number of aryl methyl sites for hydroxylation is 2. The fourth-order valence-corrected chi connectivity index (χ4v) is 3.59. The first-order valence-corrected chi connectivity index (χ1v) is 9.56. The molecule has 1 fully saturated rings. The molecule has 1 saturated heterocycles. The third-order valence-corrected chi connectivity index (χ3v) is 4.99. The molecule has 1 aromatic heterocycles. The predicted octanol–water partition coefficient (Wildman–Crippen LogP) is 4.75. The van der Waals surface area contributed by atoms with Gasteiger partial charge in [0.25, 0.3) is 0 Å². The Kier molecular flexibility index (Phi) is 5.21. The SMILES string of the molecule is Cc1cc(-c2noc([C@H]3CCCCN3)n2)cc(C)c1OCc1ccccc1. The average Bonchev–Trinajstić information content (AvgIpc) is 3.19. The Morgan fingerprint density at radius 3 is 2.59 bits per heavy atom. The van der Waals surface area contributed by atoms with E-state index in [0.29, 0.717) is 18.3 Å². The summed E-state index contributed by atoms with van der Waals surface area (Å²) in [6.45, 7) is 5.68. The molecule has 1 aliphatic rings. The van der Waals surface area contributed by atoms with Crippen LogP contribution in [-0.2, 0) is 6.61 Å². The molecule has 0 spiro atoms. The third kappa shape index (κ3) is 4.03. The molecular weight excluding hydrogens is 338 g/mol. The van der Waals surface area contributed by atoms with Gasteiger partial charge < -0.3 is 14.6 Å². The number of ether oxygens (including phenoxy) is 1. The van der Waals surface area contributed by atoms with E-state index in [1.807, 2.05) is 18.2 Å². The maximum absolute atomic E-state index is 6.07. The van der Waals surface area contributed by atoms with Crippen molar-refractivity contribution in [2.45, 2.75) is 45.8 Å². The first-order chi connectivity index (χ1) is 13.2. The molecule has 2 aromatic carbocycles. The van der Waals surface area contributed by atoms with E-state index in [2.05, 4.69) is 53.6 Å². The highest BCUT2D eigenvalue weighted by Gasteiger charge is 2.22. The van der Waals surface area contributed by atoms with Crippen molar-refractivity contribution >= 4 is 0 Å². The number of aromatic nitrogens is 2. The molecule has 5 heteroatoms. The van der Waals surface area contributed by atoms with Gasteiger partial charge in [0, 0.05) is 5.56 Å². The van der Waals surface area contributed by atoms with Crippen molar-refractivity contribution in [3.8, 4) is 17.1 Å². The minimum atomic E-state index is 0.177. The monoisotopic (exact) mass is 363 g/mol. The summed E-state index contributed by atoms with van der Waals surface area (Å²) in [4.78, 5) is 4.63. The van der Waals surface area contributed by atoms with Crippen LogP contribution in [0.5, 0.6) is 5.75 Å². The van der Waals surface area contributed by atoms with Gasteiger partial charge in [-0.15, -0.1) is 0 Å². The molecular formula is C22H25N3O2. The summed E-state index contributed by atoms with van der Waals surface area (Å²) >= 11 is 0. The van der Waals surface area contributed by atoms with Crippen molar-refractivity contribution in [2.24, 2.45) is 0 Å². The maximum Gasteiger partial charge on any atom is 0.244 e. The highest BCUT2D eigenvalue weighted by Crippen LogP contribution is 2.31. The van der Waals surface area contributed by atoms with Crippen LogP contribution in [0.4, 0.5) is 0 Å². The molecule has 2 heterocycles. The van der Waals surface area contributed by atoms with E-state index >= 15 is 0 Å². The minimum absolute atomic E-state index is 0.177. The molecule has 27 heavy (non-hydrogen) atoms. The van der Waals surface area contributed by atoms with Gasteiger partial charge in [-0.05, 0) is 62.1 Å². The van der Waals surface area contributed by atoms with E-state index in [9.17, 15) is 0 Å². The smallest absolute Gasteiger partial charge is 0.244 e. The summed E-state index contributed by atoms with van der Waals surface area (Å²) in [6.07, 6.45) is 3.45. The lowest BCUT2D eigenvalue weighted by molar-refractivity contribution is 0.297. The predicted molar refractivity (Wildman–Crippen MR) is 105 cm³/mol. The maximum atomic E-state index is 6.07. The summed E-state index contributed by atoms with van der Waals surface area (Å²) in [5, 5.41) is 7.65. The van der Waals surface area contributed by atoms with E-state index in [1.54, 1.807) is 0 Å². The zero-order valence-electron chi connectivity index (χ0n) is 15.9. The van der Waals surface area contributed by atoms with Crippen LogP contribution >= 0.6 is 0 Å². The number of hydrogen-bond donors (Lipinski definition) is 1. The van der Waals surface area contributed by atoms with Gasteiger partial charge in [0.1, 0.15) is 12.4 Å². The molecule has 0 aliphatic carbocycles. The fraction of sp³-hybridized carbons (Fsp3) is 0.364. The zero-order chi connectivity index (χ0) is 18.6. The van der Waals surface area contributed by atoms with Crippen molar-refractivity contribution in [3.63, 3.8) is 0 Å². The van der Waals surface area contributed by atoms with Crippen molar-refractivity contribution < 1.29 is 9.26 Å². The lowest BCUT2D eigenvalue weighted by Crippen LogP contribution is -2.26. The summed E-state index contributed by atoms with van der Waals surface area (Å²) in [5.74, 6) is 2.24. The van der Waals surface area contributed by atoms with Gasteiger partial charge >= 0.3 is 0 Å². The number of nitrogens with zero attached hydrogens (tertiary/aromatic N) is 2. The lowest BCUT2D eigenvalue weighted by Gasteiger charge is -2.19. The summed E-state index contributed by atoms with van der Waals surface area (Å²) < 4.78 is 11.6. The van der Waals surface area contributed by atoms with Crippen LogP contribution < -0.4 is 10.1 Å². The topological polar surface area (TPSA) is 60.2 Å². The van der Waals surface area contributed by atoms with E-state index in [0.717, 1.165) is 41.0 Å². The summed E-state index contributed by atoms with van der Waals surface area (Å²) in [6, 6.07) is 14.5. The molecule has 0 saturated carbocycles. The second-order valence-corrected chi connectivity index (χ2v) is 7.17. The van der Waals surface area contributed by atoms with Gasteiger partial charge in [-0.25, -0.2) is 0 Å². The van der Waals surface area contributed by atoms with E-state index in [1.165, 1.54) is 12.8 Å². The summed E-state index contributed by atoms with van der Waals surface area (Å²) in [5.41, 5.74) is 4.26. The van der Waals surface area contributed by atoms with Crippen molar-refractivity contribution in [1.82, 2.24) is 15.5 Å². The van der Waals surface area contributed by atoms with Crippen LogP contribution in [0.3, 0.4) is 0 Å². The first-order valence-electron chi connectivity index (χ1n) is 9.56. The Morgan fingerprint density at radius 1 is 1.11 bits per heavy atom. The minimum Gasteiger partial charge on any atom is -0.488 e. The highest BCUT2D eigenvalue weighted by molar-refractivity contribution is 5.61. The van der Waals surface area contributed by atoms with Crippen molar-refractivity contribution in [2.75, 3.05) is 6.54 Å². The molecule has 140 valence electrons. The normalized spacial score (nSPS) is 17.0. The molecule has 4 rings (SSSR count). The Morgan fingerprint density at radius 2 is 1.89 bits per heavy atom. The van der Waals surface area contributed by atoms with Gasteiger partial charge in [-0.1, -0.05) is 41.9 Å². The van der Waals surface area contributed by atoms with Crippen molar-refractivity contribution in [3.05, 3.63) is 65.0 Å². The molecule has 1 N–H and O–H groups in total. The van der Waals surface area contributed by atoms with Crippen LogP contribution in [0.15, 0.2) is 47.0 Å². The van der Waals surface area contributed by atoms with Crippen molar-refractivity contribution in [1.29, 1.82) is 0 Å². The molecule has 1 atom stereocenters. The van der Waals surface area contributed by atoms with E-state index in [4.69, 9.17) is 9.26 Å². The highest BCUT2D eigenvalue weighted by atomic mass is 16.5. The Bertz CT molecular complexity index is 876. The molecule has 0 unspecified atom stereocenters. The van der Waals surface area contributed by atoms with Gasteiger partial charge in [0.05, 0.1) is 6.04 Å². The van der Waals surface area contributed by atoms with Gasteiger partial charge in [0.2, 0.25) is 11.7 Å². The third-order valence-electron chi connectivity index (χ3n) is 4.99. The van der Waals surface area contributed by atoms with Crippen LogP contribution in [0.25, 0.3) is 11.4 Å². The second kappa shape index (κ2) is 7.92. The number of nitrogens with one attached hydrogen (secondary N) is 1. The van der Waals surface area contributed by atoms with E-state index in [-0.39, 0.29) is 6.04 Å². The quantitative estimate of drug-likeness (QED) is 0.709. The number of rotatable bonds is 5. The van der Waals surface area contributed by atoms with Crippen LogP contribution in [0.1, 0.15) is 47.9 Å². The number of piperidine rings is 1. The number of hydrogen-bond acceptors (Lipinski definition) is 5. The van der Waals surface area contributed by atoms with Crippen LogP contribution in [0, 0.1) is 13.8 Å². The largest absolute Gasteiger partial charge is 0.488 e. The van der Waals surface area contributed by atoms with E-state index < -0.39 is 0 Å². The Hall–Kier alpha value is -2.66. The zero-order valence-corrected chi connectivity index (χ0v) is 15.9. The molecule has 3 aromatic rings. The van der Waals surface area contributed by atoms with Crippen LogP contribution in [-0.4, -0.2) is 16.7 Å².